The SMILES string of the molecule is CN(C)N(c1cc(Br)cnc1Cl)S(N)(=O)=O. The van der Waals surface area contributed by atoms with Crippen molar-refractivity contribution in [3.05, 3.63) is 21.9 Å². The average Bonchev–Trinajstić information content (AvgIpc) is 2.08. The molecule has 0 aliphatic rings. The fourth-order valence-corrected chi connectivity index (χ4v) is 2.55. The van der Waals surface area contributed by atoms with Gasteiger partial charge in [0.05, 0.1) is 0 Å². The van der Waals surface area contributed by atoms with Crippen molar-refractivity contribution in [2.75, 3.05) is 18.5 Å². The van der Waals surface area contributed by atoms with Crippen LogP contribution in [0.15, 0.2) is 16.7 Å². The van der Waals surface area contributed by atoms with Crippen molar-refractivity contribution in [1.29, 1.82) is 0 Å². The number of hydrogen-bond acceptors (Lipinski definition) is 4. The van der Waals surface area contributed by atoms with Gasteiger partial charge in [0, 0.05) is 24.8 Å². The Balaban J connectivity index is 3.38. The second-order valence-corrected chi connectivity index (χ2v) is 5.75. The van der Waals surface area contributed by atoms with E-state index in [0.29, 0.717) is 4.47 Å². The number of rotatable bonds is 3. The molecule has 0 aromatic carbocycles. The Labute approximate surface area is 107 Å². The highest BCUT2D eigenvalue weighted by molar-refractivity contribution is 9.10. The molecular weight excluding hydrogens is 320 g/mol. The molecule has 1 rings (SSSR count). The number of aromatic nitrogens is 1. The second-order valence-electron chi connectivity index (χ2n) is 3.10. The van der Waals surface area contributed by atoms with E-state index in [1.54, 1.807) is 0 Å². The summed E-state index contributed by atoms with van der Waals surface area (Å²) < 4.78 is 24.2. The van der Waals surface area contributed by atoms with Crippen LogP contribution in [-0.2, 0) is 10.2 Å². The van der Waals surface area contributed by atoms with E-state index in [-0.39, 0.29) is 10.8 Å². The quantitative estimate of drug-likeness (QED) is 0.662. The van der Waals surface area contributed by atoms with Gasteiger partial charge in [-0.2, -0.15) is 12.8 Å². The zero-order valence-corrected chi connectivity index (χ0v) is 11.7. The summed E-state index contributed by atoms with van der Waals surface area (Å²) in [6.45, 7) is 0. The van der Waals surface area contributed by atoms with E-state index in [1.807, 2.05) is 0 Å². The molecule has 90 valence electrons. The molecule has 1 aromatic heterocycles. The largest absolute Gasteiger partial charge is 0.312 e. The minimum atomic E-state index is -3.94. The van der Waals surface area contributed by atoms with Crippen LogP contribution in [0.3, 0.4) is 0 Å². The molecule has 0 unspecified atom stereocenters. The molecule has 0 amide bonds. The third-order valence-electron chi connectivity index (χ3n) is 1.60. The van der Waals surface area contributed by atoms with Crippen molar-refractivity contribution in [2.24, 2.45) is 5.14 Å². The lowest BCUT2D eigenvalue weighted by Crippen LogP contribution is -2.46. The van der Waals surface area contributed by atoms with Crippen molar-refractivity contribution in [3.8, 4) is 0 Å². The molecule has 6 nitrogen and oxygen atoms in total. The van der Waals surface area contributed by atoms with Gasteiger partial charge in [-0.25, -0.2) is 15.1 Å². The van der Waals surface area contributed by atoms with E-state index in [1.165, 1.54) is 31.4 Å². The number of pyridine rings is 1. The van der Waals surface area contributed by atoms with E-state index < -0.39 is 10.2 Å². The molecule has 1 heterocycles. The maximum Gasteiger partial charge on any atom is 0.312 e. The van der Waals surface area contributed by atoms with Crippen molar-refractivity contribution >= 4 is 43.4 Å². The summed E-state index contributed by atoms with van der Waals surface area (Å²) in [6, 6.07) is 1.51. The van der Waals surface area contributed by atoms with Gasteiger partial charge in [-0.15, -0.1) is 0 Å². The number of nitrogens with zero attached hydrogens (tertiary/aromatic N) is 3. The van der Waals surface area contributed by atoms with Crippen LogP contribution in [0, 0.1) is 0 Å². The topological polar surface area (TPSA) is 79.5 Å². The number of nitrogens with two attached hydrogens (primary N) is 1. The monoisotopic (exact) mass is 328 g/mol. The molecule has 0 spiro atoms. The molecule has 0 radical (unpaired) electrons. The first kappa shape index (κ1) is 13.7. The summed E-state index contributed by atoms with van der Waals surface area (Å²) in [6.07, 6.45) is 1.46. The van der Waals surface area contributed by atoms with Crippen LogP contribution in [0.5, 0.6) is 0 Å². The molecule has 0 fully saturated rings. The van der Waals surface area contributed by atoms with Crippen LogP contribution >= 0.6 is 27.5 Å². The van der Waals surface area contributed by atoms with E-state index in [9.17, 15) is 8.42 Å². The molecule has 0 atom stereocenters. The van der Waals surface area contributed by atoms with E-state index in [2.05, 4.69) is 20.9 Å². The van der Waals surface area contributed by atoms with Gasteiger partial charge >= 0.3 is 10.2 Å². The summed E-state index contributed by atoms with van der Waals surface area (Å²) in [7, 11) is -0.884. The Hall–Kier alpha value is -0.410. The first-order chi connectivity index (χ1) is 7.23. The fourth-order valence-electron chi connectivity index (χ4n) is 1.13. The summed E-state index contributed by atoms with van der Waals surface area (Å²) in [4.78, 5) is 3.83. The van der Waals surface area contributed by atoms with Crippen LogP contribution in [-0.4, -0.2) is 32.5 Å². The summed E-state index contributed by atoms with van der Waals surface area (Å²) in [5.74, 6) is 0. The summed E-state index contributed by atoms with van der Waals surface area (Å²) in [5, 5.41) is 6.43. The summed E-state index contributed by atoms with van der Waals surface area (Å²) >= 11 is 9.00. The lowest BCUT2D eigenvalue weighted by Gasteiger charge is -2.28. The van der Waals surface area contributed by atoms with Gasteiger partial charge < -0.3 is 0 Å². The van der Waals surface area contributed by atoms with Crippen molar-refractivity contribution in [3.63, 3.8) is 0 Å². The van der Waals surface area contributed by atoms with Crippen LogP contribution in [0.4, 0.5) is 5.69 Å². The molecule has 0 bridgehead atoms. The van der Waals surface area contributed by atoms with Crippen LogP contribution in [0.1, 0.15) is 0 Å². The first-order valence-corrected chi connectivity index (χ1v) is 6.72. The lowest BCUT2D eigenvalue weighted by atomic mass is 10.4. The van der Waals surface area contributed by atoms with E-state index in [4.69, 9.17) is 16.7 Å². The highest BCUT2D eigenvalue weighted by Crippen LogP contribution is 2.28. The van der Waals surface area contributed by atoms with Crippen molar-refractivity contribution < 1.29 is 8.42 Å². The zero-order valence-electron chi connectivity index (χ0n) is 8.55. The van der Waals surface area contributed by atoms with Crippen molar-refractivity contribution in [1.82, 2.24) is 9.99 Å². The predicted octanol–water partition coefficient (Wildman–Crippen LogP) is 0.984. The molecule has 2 N–H and O–H groups in total. The van der Waals surface area contributed by atoms with Crippen LogP contribution < -0.4 is 9.55 Å². The Morgan fingerprint density at radius 2 is 2.06 bits per heavy atom. The van der Waals surface area contributed by atoms with Crippen LogP contribution in [0.25, 0.3) is 0 Å². The standard InChI is InChI=1S/C7H10BrClN4O2S/c1-12(2)13(16(10,14)15)6-3-5(8)4-11-7(6)9/h3-4H,1-2H3,(H2,10,14,15). The Morgan fingerprint density at radius 3 is 2.50 bits per heavy atom. The zero-order chi connectivity index (χ0) is 12.5. The van der Waals surface area contributed by atoms with Crippen LogP contribution in [0.2, 0.25) is 5.15 Å². The molecule has 0 saturated heterocycles. The minimum Gasteiger partial charge on any atom is -0.241 e. The number of hydrogen-bond donors (Lipinski definition) is 1. The van der Waals surface area contributed by atoms with Gasteiger partial charge in [0.2, 0.25) is 0 Å². The fraction of sp³-hybridized carbons (Fsp3) is 0.286. The molecule has 1 aromatic rings. The Morgan fingerprint density at radius 1 is 1.50 bits per heavy atom. The number of hydrazine groups is 1. The molecule has 0 aliphatic carbocycles. The molecule has 0 saturated carbocycles. The third kappa shape index (κ3) is 3.05. The minimum absolute atomic E-state index is 0.0472. The number of anilines is 1. The second kappa shape index (κ2) is 4.84. The molecule has 0 aliphatic heterocycles. The maximum atomic E-state index is 11.4. The first-order valence-electron chi connectivity index (χ1n) is 4.05. The number of halogens is 2. The molecular formula is C7H10BrClN4O2S. The van der Waals surface area contributed by atoms with Crippen molar-refractivity contribution in [2.45, 2.75) is 0 Å². The lowest BCUT2D eigenvalue weighted by molar-refractivity contribution is 0.425. The normalized spacial score (nSPS) is 11.9. The Kier molecular flexibility index (Phi) is 4.13. The molecule has 16 heavy (non-hydrogen) atoms. The smallest absolute Gasteiger partial charge is 0.241 e. The third-order valence-corrected chi connectivity index (χ3v) is 3.33. The highest BCUT2D eigenvalue weighted by atomic mass is 79.9. The maximum absolute atomic E-state index is 11.4. The predicted molar refractivity (Wildman–Crippen MR) is 66.2 cm³/mol. The van der Waals surface area contributed by atoms with Gasteiger partial charge in [0.25, 0.3) is 0 Å². The highest BCUT2D eigenvalue weighted by Gasteiger charge is 2.23. The van der Waals surface area contributed by atoms with E-state index in [0.717, 1.165) is 4.41 Å². The summed E-state index contributed by atoms with van der Waals surface area (Å²) in [5.41, 5.74) is 0.184. The average molecular weight is 330 g/mol. The van der Waals surface area contributed by atoms with Gasteiger partial charge in [0.15, 0.2) is 5.15 Å². The van der Waals surface area contributed by atoms with Gasteiger partial charge in [-0.05, 0) is 22.0 Å². The van der Waals surface area contributed by atoms with Gasteiger partial charge in [0.1, 0.15) is 5.69 Å². The van der Waals surface area contributed by atoms with Gasteiger partial charge in [-0.3, -0.25) is 0 Å². The molecule has 9 heteroatoms. The van der Waals surface area contributed by atoms with E-state index >= 15 is 0 Å². The van der Waals surface area contributed by atoms with Gasteiger partial charge in [-0.1, -0.05) is 11.6 Å². The Bertz CT molecular complexity index is 493.